The Morgan fingerprint density at radius 3 is 2.62 bits per heavy atom. The number of carbonyl (C=O) groups is 1. The Labute approximate surface area is 159 Å². The van der Waals surface area contributed by atoms with E-state index in [1.165, 1.54) is 31.2 Å². The molecule has 0 amide bonds. The first-order valence-electron chi connectivity index (χ1n) is 9.61. The first-order valence-corrected chi connectivity index (χ1v) is 10.6. The van der Waals surface area contributed by atoms with E-state index in [2.05, 4.69) is 42.2 Å². The maximum Gasteiger partial charge on any atom is 0.182 e. The number of aromatic amines is 1. The lowest BCUT2D eigenvalue weighted by molar-refractivity contribution is 0.0991. The van der Waals surface area contributed by atoms with E-state index in [1.54, 1.807) is 0 Å². The van der Waals surface area contributed by atoms with Gasteiger partial charge in [-0.15, -0.1) is 11.8 Å². The Morgan fingerprint density at radius 2 is 1.88 bits per heavy atom. The van der Waals surface area contributed by atoms with Crippen LogP contribution in [-0.4, -0.2) is 16.0 Å². The quantitative estimate of drug-likeness (QED) is 0.519. The number of H-pyrrole nitrogens is 1. The lowest BCUT2D eigenvalue weighted by Gasteiger charge is -2.19. The molecule has 1 atom stereocenters. The second kappa shape index (κ2) is 7.71. The summed E-state index contributed by atoms with van der Waals surface area (Å²) in [7, 11) is 0. The van der Waals surface area contributed by atoms with Gasteiger partial charge in [0.2, 0.25) is 0 Å². The molecule has 1 aliphatic rings. The fourth-order valence-electron chi connectivity index (χ4n) is 3.99. The number of para-hydroxylation sites is 1. The average molecular weight is 364 g/mol. The van der Waals surface area contributed by atoms with Crippen LogP contribution in [0.2, 0.25) is 0 Å². The van der Waals surface area contributed by atoms with Crippen LogP contribution < -0.4 is 0 Å². The van der Waals surface area contributed by atoms with Gasteiger partial charge in [-0.05, 0) is 30.4 Å². The van der Waals surface area contributed by atoms with Crippen LogP contribution in [0.15, 0.2) is 54.7 Å². The molecule has 26 heavy (non-hydrogen) atoms. The summed E-state index contributed by atoms with van der Waals surface area (Å²) in [4.78, 5) is 16.9. The van der Waals surface area contributed by atoms with Gasteiger partial charge in [-0.1, -0.05) is 68.3 Å². The first-order chi connectivity index (χ1) is 12.8. The third-order valence-electron chi connectivity index (χ3n) is 5.42. The van der Waals surface area contributed by atoms with Crippen molar-refractivity contribution in [3.63, 3.8) is 0 Å². The molecule has 0 spiro atoms. The van der Waals surface area contributed by atoms with E-state index in [4.69, 9.17) is 0 Å². The number of fused-ring (bicyclic) bond motifs is 1. The smallest absolute Gasteiger partial charge is 0.182 e. The number of hydrogen-bond acceptors (Lipinski definition) is 2. The molecule has 0 saturated heterocycles. The summed E-state index contributed by atoms with van der Waals surface area (Å²) >= 11 is 1.87. The lowest BCUT2D eigenvalue weighted by Crippen LogP contribution is -2.13. The number of hydrogen-bond donors (Lipinski definition) is 1. The van der Waals surface area contributed by atoms with Crippen molar-refractivity contribution >= 4 is 28.4 Å². The van der Waals surface area contributed by atoms with Crippen LogP contribution in [0.5, 0.6) is 0 Å². The van der Waals surface area contributed by atoms with Crippen molar-refractivity contribution in [2.45, 2.75) is 49.5 Å². The molecule has 1 fully saturated rings. The summed E-state index contributed by atoms with van der Waals surface area (Å²) < 4.78 is 0. The van der Waals surface area contributed by atoms with Gasteiger partial charge in [0.15, 0.2) is 5.78 Å². The number of aromatic nitrogens is 1. The monoisotopic (exact) mass is 363 g/mol. The average Bonchev–Trinajstić information content (AvgIpc) is 3.35. The Bertz CT molecular complexity index is 893. The van der Waals surface area contributed by atoms with Crippen LogP contribution in [0, 0.1) is 0 Å². The van der Waals surface area contributed by atoms with Gasteiger partial charge >= 0.3 is 0 Å². The van der Waals surface area contributed by atoms with Crippen LogP contribution in [0.25, 0.3) is 10.9 Å². The summed E-state index contributed by atoms with van der Waals surface area (Å²) in [5.74, 6) is 0.229. The normalized spacial score (nSPS) is 16.2. The number of Topliss-reactive ketones (excluding diaryl/α,β-unsaturated/α-hetero) is 1. The number of carbonyl (C=O) groups excluding carboxylic acids is 1. The highest BCUT2D eigenvalue weighted by Crippen LogP contribution is 2.42. The summed E-state index contributed by atoms with van der Waals surface area (Å²) in [6, 6.07) is 16.5. The third-order valence-corrected chi connectivity index (χ3v) is 7.03. The second-order valence-electron chi connectivity index (χ2n) is 7.09. The number of rotatable bonds is 6. The largest absolute Gasteiger partial charge is 0.360 e. The molecular weight excluding hydrogens is 338 g/mol. The van der Waals surface area contributed by atoms with E-state index in [9.17, 15) is 4.79 Å². The molecule has 1 saturated carbocycles. The van der Waals surface area contributed by atoms with Crippen molar-refractivity contribution in [1.82, 2.24) is 4.98 Å². The highest BCUT2D eigenvalue weighted by Gasteiger charge is 2.29. The number of thioether (sulfide) groups is 1. The summed E-state index contributed by atoms with van der Waals surface area (Å²) in [6.07, 6.45) is 7.92. The van der Waals surface area contributed by atoms with Gasteiger partial charge in [0.05, 0.1) is 5.25 Å². The van der Waals surface area contributed by atoms with Gasteiger partial charge in [0, 0.05) is 27.9 Å². The van der Waals surface area contributed by atoms with E-state index < -0.39 is 0 Å². The van der Waals surface area contributed by atoms with E-state index >= 15 is 0 Å². The van der Waals surface area contributed by atoms with Crippen molar-refractivity contribution in [2.24, 2.45) is 0 Å². The molecule has 4 rings (SSSR count). The van der Waals surface area contributed by atoms with Crippen molar-refractivity contribution in [3.05, 3.63) is 71.4 Å². The van der Waals surface area contributed by atoms with E-state index in [0.717, 1.165) is 28.5 Å². The predicted octanol–water partition coefficient (Wildman–Crippen LogP) is 6.33. The molecule has 3 aromatic rings. The fourth-order valence-corrected chi connectivity index (χ4v) is 5.55. The topological polar surface area (TPSA) is 32.9 Å². The molecule has 2 aromatic carbocycles. The SMILES string of the molecule is CCc1cccc2c(C(=O)[C@@H](SC3CCCC3)c3ccccc3)c[nH]c12. The highest BCUT2D eigenvalue weighted by molar-refractivity contribution is 8.00. The Hall–Kier alpha value is -2.00. The molecule has 1 N–H and O–H groups in total. The standard InChI is InChI=1S/C23H25NOS/c1-2-16-11-8-14-19-20(15-24-21(16)19)22(25)23(17-9-4-3-5-10-17)26-18-12-6-7-13-18/h3-5,8-11,14-15,18,23-24H,2,6-7,12-13H2,1H3/t23-/m0/s1. The first kappa shape index (κ1) is 17.4. The third kappa shape index (κ3) is 3.33. The van der Waals surface area contributed by atoms with Crippen LogP contribution in [0.3, 0.4) is 0 Å². The molecular formula is C23H25NOS. The predicted molar refractivity (Wildman–Crippen MR) is 111 cm³/mol. The van der Waals surface area contributed by atoms with Gasteiger partial charge in [-0.3, -0.25) is 4.79 Å². The van der Waals surface area contributed by atoms with Crippen molar-refractivity contribution in [1.29, 1.82) is 0 Å². The van der Waals surface area contributed by atoms with Gasteiger partial charge in [-0.2, -0.15) is 0 Å². The molecule has 1 aliphatic carbocycles. The summed E-state index contributed by atoms with van der Waals surface area (Å²) in [5.41, 5.74) is 4.32. The van der Waals surface area contributed by atoms with E-state index in [1.807, 2.05) is 36.2 Å². The zero-order valence-electron chi connectivity index (χ0n) is 15.2. The molecule has 1 heterocycles. The Kier molecular flexibility index (Phi) is 5.16. The van der Waals surface area contributed by atoms with Crippen LogP contribution in [-0.2, 0) is 6.42 Å². The number of nitrogens with one attached hydrogen (secondary N) is 1. The molecule has 2 nitrogen and oxygen atoms in total. The van der Waals surface area contributed by atoms with Crippen molar-refractivity contribution < 1.29 is 4.79 Å². The van der Waals surface area contributed by atoms with Crippen LogP contribution in [0.1, 0.15) is 59.3 Å². The maximum atomic E-state index is 13.6. The van der Waals surface area contributed by atoms with Crippen molar-refractivity contribution in [3.8, 4) is 0 Å². The van der Waals surface area contributed by atoms with Gasteiger partial charge in [-0.25, -0.2) is 0 Å². The number of ketones is 1. The Morgan fingerprint density at radius 1 is 1.12 bits per heavy atom. The molecule has 0 aliphatic heterocycles. The van der Waals surface area contributed by atoms with Crippen LogP contribution in [0.4, 0.5) is 0 Å². The van der Waals surface area contributed by atoms with Gasteiger partial charge in [0.25, 0.3) is 0 Å². The Balaban J connectivity index is 1.72. The molecule has 1 aromatic heterocycles. The molecule has 0 unspecified atom stereocenters. The summed E-state index contributed by atoms with van der Waals surface area (Å²) in [6.45, 7) is 2.15. The minimum absolute atomic E-state index is 0.122. The maximum absolute atomic E-state index is 13.6. The number of aryl methyl sites for hydroxylation is 1. The zero-order valence-corrected chi connectivity index (χ0v) is 16.0. The second-order valence-corrected chi connectivity index (χ2v) is 8.50. The minimum atomic E-state index is -0.122. The highest BCUT2D eigenvalue weighted by atomic mass is 32.2. The summed E-state index contributed by atoms with van der Waals surface area (Å²) in [5, 5.41) is 1.53. The molecule has 3 heteroatoms. The van der Waals surface area contributed by atoms with Crippen molar-refractivity contribution in [2.75, 3.05) is 0 Å². The minimum Gasteiger partial charge on any atom is -0.360 e. The van der Waals surface area contributed by atoms with E-state index in [-0.39, 0.29) is 11.0 Å². The lowest BCUT2D eigenvalue weighted by atomic mass is 10.0. The number of benzene rings is 2. The zero-order chi connectivity index (χ0) is 17.9. The van der Waals surface area contributed by atoms with Crippen LogP contribution >= 0.6 is 11.8 Å². The van der Waals surface area contributed by atoms with Gasteiger partial charge in [0.1, 0.15) is 0 Å². The molecule has 0 bridgehead atoms. The van der Waals surface area contributed by atoms with E-state index in [0.29, 0.717) is 5.25 Å². The van der Waals surface area contributed by atoms with Gasteiger partial charge < -0.3 is 4.98 Å². The molecule has 134 valence electrons. The fraction of sp³-hybridized carbons (Fsp3) is 0.348. The molecule has 0 radical (unpaired) electrons.